The van der Waals surface area contributed by atoms with E-state index in [9.17, 15) is 4.79 Å². The van der Waals surface area contributed by atoms with Crippen molar-refractivity contribution in [3.63, 3.8) is 0 Å². The number of nitrogens with zero attached hydrogens (tertiary/aromatic N) is 2. The van der Waals surface area contributed by atoms with E-state index in [1.54, 1.807) is 6.20 Å². The molecule has 4 heteroatoms. The van der Waals surface area contributed by atoms with E-state index in [0.29, 0.717) is 12.0 Å². The van der Waals surface area contributed by atoms with E-state index in [2.05, 4.69) is 10.3 Å². The summed E-state index contributed by atoms with van der Waals surface area (Å²) in [5.41, 5.74) is 1.66. The van der Waals surface area contributed by atoms with Crippen LogP contribution in [0.4, 0.5) is 0 Å². The summed E-state index contributed by atoms with van der Waals surface area (Å²) >= 11 is 0. The number of hydrogen-bond acceptors (Lipinski definition) is 3. The Labute approximate surface area is 107 Å². The molecule has 0 radical (unpaired) electrons. The monoisotopic (exact) mass is 245 g/mol. The van der Waals surface area contributed by atoms with Crippen LogP contribution in [0.15, 0.2) is 18.3 Å². The molecule has 4 nitrogen and oxygen atoms in total. The Kier molecular flexibility index (Phi) is 3.04. The number of fused-ring (bicyclic) bond motifs is 1. The Hall–Kier alpha value is -1.42. The molecule has 96 valence electrons. The molecule has 2 fully saturated rings. The summed E-state index contributed by atoms with van der Waals surface area (Å²) in [6.07, 6.45) is 4.19. The topological polar surface area (TPSA) is 45.2 Å². The van der Waals surface area contributed by atoms with E-state index in [1.807, 2.05) is 24.0 Å². The van der Waals surface area contributed by atoms with Gasteiger partial charge >= 0.3 is 0 Å². The van der Waals surface area contributed by atoms with Crippen LogP contribution in [0.5, 0.6) is 0 Å². The summed E-state index contributed by atoms with van der Waals surface area (Å²) < 4.78 is 0. The maximum absolute atomic E-state index is 12.4. The third-order valence-corrected chi connectivity index (χ3v) is 4.03. The van der Waals surface area contributed by atoms with Crippen molar-refractivity contribution in [2.45, 2.75) is 25.8 Å². The van der Waals surface area contributed by atoms with Crippen LogP contribution in [-0.2, 0) is 0 Å². The zero-order valence-corrected chi connectivity index (χ0v) is 10.7. The van der Waals surface area contributed by atoms with Crippen LogP contribution in [-0.4, -0.2) is 41.5 Å². The fourth-order valence-corrected chi connectivity index (χ4v) is 3.07. The highest BCUT2D eigenvalue weighted by atomic mass is 16.2. The van der Waals surface area contributed by atoms with Crippen molar-refractivity contribution in [1.82, 2.24) is 15.2 Å². The third-order valence-electron chi connectivity index (χ3n) is 4.03. The molecule has 0 spiro atoms. The molecule has 0 saturated carbocycles. The largest absolute Gasteiger partial charge is 0.337 e. The van der Waals surface area contributed by atoms with Crippen molar-refractivity contribution in [3.8, 4) is 0 Å². The Balaban J connectivity index is 1.74. The standard InChI is InChI=1S/C14H19N3O/c1-10-7-11(4-6-15-10)14(18)17-8-12-3-2-5-16-13(12)9-17/h4,6-7,12-13,16H,2-3,5,8-9H2,1H3/t12-,13+/m0/s1. The van der Waals surface area contributed by atoms with E-state index in [1.165, 1.54) is 12.8 Å². The normalized spacial score (nSPS) is 27.1. The van der Waals surface area contributed by atoms with Gasteiger partial charge in [0.05, 0.1) is 0 Å². The molecule has 2 saturated heterocycles. The number of piperidine rings is 1. The van der Waals surface area contributed by atoms with Crippen molar-refractivity contribution < 1.29 is 4.79 Å². The third kappa shape index (κ3) is 2.12. The Morgan fingerprint density at radius 1 is 1.50 bits per heavy atom. The molecule has 3 heterocycles. The van der Waals surface area contributed by atoms with Crippen LogP contribution in [0, 0.1) is 12.8 Å². The first-order chi connectivity index (χ1) is 8.74. The molecule has 2 atom stereocenters. The molecule has 0 aliphatic carbocycles. The predicted molar refractivity (Wildman–Crippen MR) is 69.4 cm³/mol. The van der Waals surface area contributed by atoms with Crippen LogP contribution >= 0.6 is 0 Å². The summed E-state index contributed by atoms with van der Waals surface area (Å²) in [6.45, 7) is 4.77. The smallest absolute Gasteiger partial charge is 0.254 e. The molecule has 1 aromatic rings. The highest BCUT2D eigenvalue weighted by molar-refractivity contribution is 5.94. The molecule has 0 bridgehead atoms. The lowest BCUT2D eigenvalue weighted by Gasteiger charge is -2.24. The highest BCUT2D eigenvalue weighted by Crippen LogP contribution is 2.25. The first-order valence-electron chi connectivity index (χ1n) is 6.69. The quantitative estimate of drug-likeness (QED) is 0.809. The first kappa shape index (κ1) is 11.7. The van der Waals surface area contributed by atoms with Crippen LogP contribution in [0.1, 0.15) is 28.9 Å². The number of aryl methyl sites for hydroxylation is 1. The van der Waals surface area contributed by atoms with Gasteiger partial charge in [-0.25, -0.2) is 0 Å². The molecule has 1 amide bonds. The maximum Gasteiger partial charge on any atom is 0.254 e. The van der Waals surface area contributed by atoms with Crippen LogP contribution in [0.25, 0.3) is 0 Å². The Morgan fingerprint density at radius 2 is 2.39 bits per heavy atom. The lowest BCUT2D eigenvalue weighted by atomic mass is 9.94. The van der Waals surface area contributed by atoms with E-state index >= 15 is 0 Å². The van der Waals surface area contributed by atoms with E-state index < -0.39 is 0 Å². The highest BCUT2D eigenvalue weighted by Gasteiger charge is 2.36. The van der Waals surface area contributed by atoms with Crippen molar-refractivity contribution in [3.05, 3.63) is 29.6 Å². The summed E-state index contributed by atoms with van der Waals surface area (Å²) in [7, 11) is 0. The number of carbonyl (C=O) groups excluding carboxylic acids is 1. The molecule has 1 aromatic heterocycles. The van der Waals surface area contributed by atoms with Gasteiger partial charge in [0, 0.05) is 36.6 Å². The number of likely N-dealkylation sites (tertiary alicyclic amines) is 1. The van der Waals surface area contributed by atoms with Crippen LogP contribution < -0.4 is 5.32 Å². The number of carbonyl (C=O) groups is 1. The SMILES string of the molecule is Cc1cc(C(=O)N2C[C@@H]3CCCN[C@@H]3C2)ccn1. The van der Waals surface area contributed by atoms with Crippen molar-refractivity contribution >= 4 is 5.91 Å². The molecule has 0 aromatic carbocycles. The Morgan fingerprint density at radius 3 is 3.17 bits per heavy atom. The molecule has 18 heavy (non-hydrogen) atoms. The van der Waals surface area contributed by atoms with Gasteiger partial charge < -0.3 is 10.2 Å². The molecular weight excluding hydrogens is 226 g/mol. The van der Waals surface area contributed by atoms with Crippen molar-refractivity contribution in [2.75, 3.05) is 19.6 Å². The summed E-state index contributed by atoms with van der Waals surface area (Å²) in [5, 5.41) is 3.52. The second-order valence-electron chi connectivity index (χ2n) is 5.36. The van der Waals surface area contributed by atoms with E-state index in [4.69, 9.17) is 0 Å². The average Bonchev–Trinajstić information content (AvgIpc) is 2.81. The average molecular weight is 245 g/mol. The zero-order valence-electron chi connectivity index (χ0n) is 10.7. The van der Waals surface area contributed by atoms with Gasteiger partial charge in [-0.1, -0.05) is 0 Å². The second-order valence-corrected chi connectivity index (χ2v) is 5.36. The number of nitrogens with one attached hydrogen (secondary N) is 1. The fourth-order valence-electron chi connectivity index (χ4n) is 3.07. The van der Waals surface area contributed by atoms with Gasteiger partial charge in [-0.15, -0.1) is 0 Å². The predicted octanol–water partition coefficient (Wildman–Crippen LogP) is 1.21. The fraction of sp³-hybridized carbons (Fsp3) is 0.571. The van der Waals surface area contributed by atoms with Gasteiger partial charge in [-0.2, -0.15) is 0 Å². The molecular formula is C14H19N3O. The minimum atomic E-state index is 0.150. The number of rotatable bonds is 1. The summed E-state index contributed by atoms with van der Waals surface area (Å²) in [4.78, 5) is 18.5. The summed E-state index contributed by atoms with van der Waals surface area (Å²) in [6, 6.07) is 4.19. The molecule has 1 N–H and O–H groups in total. The van der Waals surface area contributed by atoms with Gasteiger partial charge in [0.2, 0.25) is 0 Å². The van der Waals surface area contributed by atoms with Crippen LogP contribution in [0.3, 0.4) is 0 Å². The number of pyridine rings is 1. The van der Waals surface area contributed by atoms with Gasteiger partial charge in [-0.05, 0) is 44.4 Å². The van der Waals surface area contributed by atoms with Crippen molar-refractivity contribution in [1.29, 1.82) is 0 Å². The van der Waals surface area contributed by atoms with Gasteiger partial charge in [0.15, 0.2) is 0 Å². The zero-order chi connectivity index (χ0) is 12.5. The number of hydrogen-bond donors (Lipinski definition) is 1. The minimum absolute atomic E-state index is 0.150. The lowest BCUT2D eigenvalue weighted by molar-refractivity contribution is 0.0785. The minimum Gasteiger partial charge on any atom is -0.337 e. The van der Waals surface area contributed by atoms with Crippen molar-refractivity contribution in [2.24, 2.45) is 5.92 Å². The molecule has 2 aliphatic rings. The number of aromatic nitrogens is 1. The van der Waals surface area contributed by atoms with Gasteiger partial charge in [0.1, 0.15) is 0 Å². The summed E-state index contributed by atoms with van der Waals surface area (Å²) in [5.74, 6) is 0.794. The van der Waals surface area contributed by atoms with Gasteiger partial charge in [0.25, 0.3) is 5.91 Å². The Bertz CT molecular complexity index is 446. The number of amides is 1. The first-order valence-corrected chi connectivity index (χ1v) is 6.69. The van der Waals surface area contributed by atoms with Crippen LogP contribution in [0.2, 0.25) is 0 Å². The second kappa shape index (κ2) is 4.69. The molecule has 3 rings (SSSR count). The molecule has 0 unspecified atom stereocenters. The lowest BCUT2D eigenvalue weighted by Crippen LogP contribution is -2.41. The van der Waals surface area contributed by atoms with Gasteiger partial charge in [-0.3, -0.25) is 9.78 Å². The van der Waals surface area contributed by atoms with E-state index in [-0.39, 0.29) is 5.91 Å². The maximum atomic E-state index is 12.4. The van der Waals surface area contributed by atoms with E-state index in [0.717, 1.165) is 30.9 Å². The molecule has 2 aliphatic heterocycles.